The number of hydrazine groups is 1. The lowest BCUT2D eigenvalue weighted by molar-refractivity contribution is -0.144. The van der Waals surface area contributed by atoms with Crippen LogP contribution in [0.3, 0.4) is 0 Å². The highest BCUT2D eigenvalue weighted by Crippen LogP contribution is 2.10. The molecule has 1 amide bonds. The normalized spacial score (nSPS) is 10.3. The van der Waals surface area contributed by atoms with E-state index in [1.165, 1.54) is 44.9 Å². The molecule has 0 rings (SSSR count). The zero-order chi connectivity index (χ0) is 15.1. The minimum absolute atomic E-state index is 0.110. The number of carbonyl (C=O) groups excluding carboxylic acids is 2. The molecule has 5 nitrogen and oxygen atoms in total. The van der Waals surface area contributed by atoms with Crippen LogP contribution in [0.1, 0.15) is 77.6 Å². The zero-order valence-corrected chi connectivity index (χ0v) is 12.8. The van der Waals surface area contributed by atoms with Crippen LogP contribution in [0.5, 0.6) is 0 Å². The number of esters is 1. The molecule has 5 heteroatoms. The van der Waals surface area contributed by atoms with Gasteiger partial charge in [0.25, 0.3) is 0 Å². The summed E-state index contributed by atoms with van der Waals surface area (Å²) >= 11 is 0. The first kappa shape index (κ1) is 18.9. The molecule has 0 heterocycles. The molecule has 0 saturated heterocycles. The highest BCUT2D eigenvalue weighted by atomic mass is 16.5. The second-order valence-corrected chi connectivity index (χ2v) is 5.12. The van der Waals surface area contributed by atoms with Crippen molar-refractivity contribution >= 4 is 11.9 Å². The number of hydrogen-bond donors (Lipinski definition) is 2. The summed E-state index contributed by atoms with van der Waals surface area (Å²) in [7, 11) is 0. The van der Waals surface area contributed by atoms with Crippen LogP contribution < -0.4 is 11.3 Å². The van der Waals surface area contributed by atoms with Crippen molar-refractivity contribution in [1.29, 1.82) is 0 Å². The first-order chi connectivity index (χ1) is 9.70. The van der Waals surface area contributed by atoms with Gasteiger partial charge in [0.2, 0.25) is 5.91 Å². The highest BCUT2D eigenvalue weighted by molar-refractivity contribution is 5.76. The van der Waals surface area contributed by atoms with E-state index in [0.717, 1.165) is 12.8 Å². The molecule has 118 valence electrons. The summed E-state index contributed by atoms with van der Waals surface area (Å²) < 4.78 is 4.93. The summed E-state index contributed by atoms with van der Waals surface area (Å²) in [4.78, 5) is 22.1. The van der Waals surface area contributed by atoms with Crippen molar-refractivity contribution in [2.45, 2.75) is 77.6 Å². The molecule has 0 fully saturated rings. The maximum absolute atomic E-state index is 11.3. The molecule has 0 atom stereocenters. The number of carbonyl (C=O) groups is 2. The average Bonchev–Trinajstić information content (AvgIpc) is 2.45. The lowest BCUT2D eigenvalue weighted by Crippen LogP contribution is -2.30. The Morgan fingerprint density at radius 3 is 2.00 bits per heavy atom. The average molecular weight is 286 g/mol. The van der Waals surface area contributed by atoms with Gasteiger partial charge in [-0.3, -0.25) is 15.0 Å². The summed E-state index contributed by atoms with van der Waals surface area (Å²) in [6.07, 6.45) is 11.6. The molecular formula is C15H30N2O3. The number of nitrogens with one attached hydrogen (secondary N) is 1. The molecule has 20 heavy (non-hydrogen) atoms. The molecule has 0 aromatic heterocycles. The maximum atomic E-state index is 11.3. The lowest BCUT2D eigenvalue weighted by Gasteiger charge is -2.04. The Labute approximate surface area is 122 Å². The smallest absolute Gasteiger partial charge is 0.305 e. The van der Waals surface area contributed by atoms with Crippen molar-refractivity contribution < 1.29 is 14.3 Å². The van der Waals surface area contributed by atoms with Crippen LogP contribution in [0, 0.1) is 0 Å². The summed E-state index contributed by atoms with van der Waals surface area (Å²) in [5, 5.41) is 0. The molecule has 0 aromatic rings. The zero-order valence-electron chi connectivity index (χ0n) is 12.8. The van der Waals surface area contributed by atoms with Crippen molar-refractivity contribution in [2.24, 2.45) is 5.84 Å². The van der Waals surface area contributed by atoms with Gasteiger partial charge >= 0.3 is 5.97 Å². The van der Waals surface area contributed by atoms with Crippen molar-refractivity contribution in [1.82, 2.24) is 5.43 Å². The van der Waals surface area contributed by atoms with Crippen LogP contribution in [0.4, 0.5) is 0 Å². The van der Waals surface area contributed by atoms with Gasteiger partial charge in [-0.1, -0.05) is 58.3 Å². The third-order valence-electron chi connectivity index (χ3n) is 3.24. The molecule has 3 N–H and O–H groups in total. The second kappa shape index (κ2) is 14.3. The van der Waals surface area contributed by atoms with Gasteiger partial charge in [0, 0.05) is 6.42 Å². The monoisotopic (exact) mass is 286 g/mol. The predicted molar refractivity (Wildman–Crippen MR) is 79.8 cm³/mol. The third kappa shape index (κ3) is 13.3. The Morgan fingerprint density at radius 1 is 0.900 bits per heavy atom. The van der Waals surface area contributed by atoms with E-state index in [4.69, 9.17) is 10.6 Å². The van der Waals surface area contributed by atoms with Gasteiger partial charge in [0.15, 0.2) is 0 Å². The summed E-state index contributed by atoms with van der Waals surface area (Å²) in [6.45, 7) is 2.33. The predicted octanol–water partition coefficient (Wildman–Crippen LogP) is 2.83. The van der Waals surface area contributed by atoms with Crippen LogP contribution in [0.15, 0.2) is 0 Å². The third-order valence-corrected chi connectivity index (χ3v) is 3.24. The van der Waals surface area contributed by atoms with E-state index in [1.54, 1.807) is 0 Å². The van der Waals surface area contributed by atoms with Crippen molar-refractivity contribution in [3.63, 3.8) is 0 Å². The van der Waals surface area contributed by atoms with E-state index in [-0.39, 0.29) is 24.9 Å². The van der Waals surface area contributed by atoms with Crippen LogP contribution in [-0.2, 0) is 14.3 Å². The number of ether oxygens (including phenoxy) is 1. The molecule has 0 aliphatic carbocycles. The van der Waals surface area contributed by atoms with Crippen LogP contribution >= 0.6 is 0 Å². The van der Waals surface area contributed by atoms with E-state index < -0.39 is 0 Å². The minimum atomic E-state index is -0.319. The Morgan fingerprint density at radius 2 is 1.45 bits per heavy atom. The van der Waals surface area contributed by atoms with E-state index in [1.807, 2.05) is 5.43 Å². The molecule has 0 aliphatic rings. The van der Waals surface area contributed by atoms with Crippen LogP contribution in [-0.4, -0.2) is 18.5 Å². The summed E-state index contributed by atoms with van der Waals surface area (Å²) in [5.41, 5.74) is 1.99. The second-order valence-electron chi connectivity index (χ2n) is 5.12. The van der Waals surface area contributed by atoms with E-state index in [0.29, 0.717) is 6.42 Å². The quantitative estimate of drug-likeness (QED) is 0.179. The van der Waals surface area contributed by atoms with Gasteiger partial charge in [-0.2, -0.15) is 0 Å². The summed E-state index contributed by atoms with van der Waals surface area (Å²) in [6, 6.07) is 0. The van der Waals surface area contributed by atoms with Gasteiger partial charge in [0.05, 0.1) is 6.42 Å². The van der Waals surface area contributed by atoms with E-state index >= 15 is 0 Å². The number of nitrogens with two attached hydrogens (primary N) is 1. The standard InChI is InChI=1S/C15H30N2O3/c1-2-3-4-5-6-7-8-9-10-11-15(19)20-13-12-14(18)17-16/h2-13,16H2,1H3,(H,17,18). The minimum Gasteiger partial charge on any atom is -0.465 e. The first-order valence-corrected chi connectivity index (χ1v) is 7.85. The maximum Gasteiger partial charge on any atom is 0.305 e. The Hall–Kier alpha value is -1.10. The van der Waals surface area contributed by atoms with Crippen molar-refractivity contribution in [2.75, 3.05) is 6.61 Å². The Bertz CT molecular complexity index is 258. The Kier molecular flexibility index (Phi) is 13.5. The highest BCUT2D eigenvalue weighted by Gasteiger charge is 2.04. The lowest BCUT2D eigenvalue weighted by atomic mass is 10.1. The van der Waals surface area contributed by atoms with Gasteiger partial charge in [-0.25, -0.2) is 5.84 Å². The van der Waals surface area contributed by atoms with Gasteiger partial charge in [0.1, 0.15) is 6.61 Å². The molecule has 0 aromatic carbocycles. The van der Waals surface area contributed by atoms with Crippen molar-refractivity contribution in [3.05, 3.63) is 0 Å². The molecule has 0 aliphatic heterocycles. The molecule has 0 bridgehead atoms. The fraction of sp³-hybridized carbons (Fsp3) is 0.867. The number of amides is 1. The number of unbranched alkanes of at least 4 members (excludes halogenated alkanes) is 8. The SMILES string of the molecule is CCCCCCCCCCCC(=O)OCCC(=O)NN. The molecule has 0 radical (unpaired) electrons. The van der Waals surface area contributed by atoms with Gasteiger partial charge in [-0.15, -0.1) is 0 Å². The topological polar surface area (TPSA) is 81.4 Å². The molecule has 0 unspecified atom stereocenters. The summed E-state index contributed by atoms with van der Waals surface area (Å²) in [5.74, 6) is 4.37. The van der Waals surface area contributed by atoms with E-state index in [2.05, 4.69) is 6.92 Å². The molecular weight excluding hydrogens is 256 g/mol. The number of rotatable bonds is 13. The van der Waals surface area contributed by atoms with E-state index in [9.17, 15) is 9.59 Å². The van der Waals surface area contributed by atoms with Gasteiger partial charge in [-0.05, 0) is 6.42 Å². The van der Waals surface area contributed by atoms with Crippen molar-refractivity contribution in [3.8, 4) is 0 Å². The number of hydrogen-bond acceptors (Lipinski definition) is 4. The fourth-order valence-electron chi connectivity index (χ4n) is 1.98. The largest absolute Gasteiger partial charge is 0.465 e. The molecule has 0 spiro atoms. The van der Waals surface area contributed by atoms with Gasteiger partial charge < -0.3 is 4.74 Å². The fourth-order valence-corrected chi connectivity index (χ4v) is 1.98. The Balaban J connectivity index is 3.21. The molecule has 0 saturated carbocycles. The van der Waals surface area contributed by atoms with Crippen LogP contribution in [0.25, 0.3) is 0 Å². The van der Waals surface area contributed by atoms with Crippen LogP contribution in [0.2, 0.25) is 0 Å². The first-order valence-electron chi connectivity index (χ1n) is 7.85.